The van der Waals surface area contributed by atoms with Crippen LogP contribution < -0.4 is 5.32 Å². The number of aromatic nitrogens is 1. The number of benzene rings is 2. The van der Waals surface area contributed by atoms with Crippen LogP contribution in [0.4, 0.5) is 0 Å². The van der Waals surface area contributed by atoms with Gasteiger partial charge in [-0.3, -0.25) is 19.4 Å². The third-order valence-corrected chi connectivity index (χ3v) is 9.16. The molecule has 0 bridgehead atoms. The average Bonchev–Trinajstić information content (AvgIpc) is 3.68. The molecule has 8 nitrogen and oxygen atoms in total. The molecule has 3 heterocycles. The van der Waals surface area contributed by atoms with Gasteiger partial charge in [-0.25, -0.2) is 0 Å². The van der Waals surface area contributed by atoms with Crippen LogP contribution in [0.5, 0.6) is 0 Å². The predicted molar refractivity (Wildman–Crippen MR) is 164 cm³/mol. The van der Waals surface area contributed by atoms with Crippen molar-refractivity contribution in [2.24, 2.45) is 5.92 Å². The second-order valence-electron chi connectivity index (χ2n) is 12.8. The van der Waals surface area contributed by atoms with Gasteiger partial charge in [0.15, 0.2) is 0 Å². The number of β-amino-alcohol motifs (C(OH)–C–C–N with tert-alkyl or cyclic N) is 1. The molecular formula is C33H40N4O4S. The first-order valence-corrected chi connectivity index (χ1v) is 15.5. The number of thiazole rings is 1. The van der Waals surface area contributed by atoms with Crippen molar-refractivity contribution in [1.82, 2.24) is 20.1 Å². The number of hydrogen-bond donors (Lipinski definition) is 2. The van der Waals surface area contributed by atoms with Gasteiger partial charge in [0.25, 0.3) is 5.91 Å². The fourth-order valence-corrected chi connectivity index (χ4v) is 6.86. The van der Waals surface area contributed by atoms with Crippen LogP contribution in [-0.2, 0) is 21.5 Å². The summed E-state index contributed by atoms with van der Waals surface area (Å²) in [6, 6.07) is 11.8. The van der Waals surface area contributed by atoms with E-state index in [4.69, 9.17) is 0 Å². The molecule has 42 heavy (non-hydrogen) atoms. The van der Waals surface area contributed by atoms with Crippen LogP contribution in [0.1, 0.15) is 81.1 Å². The number of nitrogens with one attached hydrogen (secondary N) is 1. The van der Waals surface area contributed by atoms with E-state index in [0.717, 1.165) is 27.1 Å². The molecule has 1 aromatic heterocycles. The maximum absolute atomic E-state index is 14.1. The minimum atomic E-state index is -0.828. The third kappa shape index (κ3) is 5.72. The van der Waals surface area contributed by atoms with Gasteiger partial charge in [0.05, 0.1) is 22.5 Å². The molecule has 0 aliphatic carbocycles. The number of fused-ring (bicyclic) bond motifs is 1. The monoisotopic (exact) mass is 588 g/mol. The summed E-state index contributed by atoms with van der Waals surface area (Å²) >= 11 is 1.58. The molecule has 0 spiro atoms. The van der Waals surface area contributed by atoms with E-state index in [1.54, 1.807) is 22.3 Å². The Hall–Kier alpha value is -3.56. The molecule has 3 amide bonds. The second kappa shape index (κ2) is 11.6. The van der Waals surface area contributed by atoms with Crippen LogP contribution >= 0.6 is 11.3 Å². The standard InChI is InChI=1S/C33H40N4O4S/c1-19(2)29(37-16-22-9-7-8-10-25(22)31(37)40)32(41)36-17-23(38)14-27(36)30(39)35-20(3)24-12-11-21(28-15-34-18-42-28)13-26(24)33(4,5)6/h7-13,15,18-20,23,27,29,38H,14,16-17H2,1-6H3,(H,35,39). The van der Waals surface area contributed by atoms with Gasteiger partial charge in [0, 0.05) is 31.3 Å². The topological polar surface area (TPSA) is 103 Å². The van der Waals surface area contributed by atoms with Crippen molar-refractivity contribution in [2.75, 3.05) is 6.54 Å². The molecule has 222 valence electrons. The Kier molecular flexibility index (Phi) is 8.27. The van der Waals surface area contributed by atoms with Gasteiger partial charge in [0.2, 0.25) is 11.8 Å². The highest BCUT2D eigenvalue weighted by molar-refractivity contribution is 7.13. The summed E-state index contributed by atoms with van der Waals surface area (Å²) in [5.74, 6) is -0.969. The first-order chi connectivity index (χ1) is 19.9. The molecule has 2 aliphatic rings. The molecule has 9 heteroatoms. The highest BCUT2D eigenvalue weighted by atomic mass is 32.1. The molecule has 4 atom stereocenters. The van der Waals surface area contributed by atoms with E-state index in [0.29, 0.717) is 12.1 Å². The SMILES string of the molecule is CC(NC(=O)C1CC(O)CN1C(=O)C(C(C)C)N1Cc2ccccc2C1=O)c1ccc(-c2cncs2)cc1C(C)(C)C. The smallest absolute Gasteiger partial charge is 0.255 e. The Labute approximate surface area is 251 Å². The summed E-state index contributed by atoms with van der Waals surface area (Å²) in [6.07, 6.45) is 1.19. The number of carbonyl (C=O) groups excluding carboxylic acids is 3. The summed E-state index contributed by atoms with van der Waals surface area (Å²) in [5.41, 5.74) is 6.34. The summed E-state index contributed by atoms with van der Waals surface area (Å²) in [4.78, 5) is 49.5. The van der Waals surface area contributed by atoms with Gasteiger partial charge in [0.1, 0.15) is 12.1 Å². The van der Waals surface area contributed by atoms with Crippen LogP contribution in [0, 0.1) is 5.92 Å². The van der Waals surface area contributed by atoms with Gasteiger partial charge < -0.3 is 20.2 Å². The largest absolute Gasteiger partial charge is 0.391 e. The molecule has 1 saturated heterocycles. The lowest BCUT2D eigenvalue weighted by Gasteiger charge is -2.35. The summed E-state index contributed by atoms with van der Waals surface area (Å²) in [7, 11) is 0. The van der Waals surface area contributed by atoms with Crippen molar-refractivity contribution in [1.29, 1.82) is 0 Å². The number of carbonyl (C=O) groups is 3. The number of nitrogens with zero attached hydrogens (tertiary/aromatic N) is 3. The Morgan fingerprint density at radius 1 is 1.12 bits per heavy atom. The van der Waals surface area contributed by atoms with Crippen molar-refractivity contribution in [3.05, 3.63) is 76.4 Å². The van der Waals surface area contributed by atoms with E-state index in [-0.39, 0.29) is 48.1 Å². The molecule has 0 saturated carbocycles. The van der Waals surface area contributed by atoms with Crippen LogP contribution in [0.25, 0.3) is 10.4 Å². The lowest BCUT2D eigenvalue weighted by atomic mass is 9.81. The third-order valence-electron chi connectivity index (χ3n) is 8.34. The Morgan fingerprint density at radius 2 is 1.86 bits per heavy atom. The highest BCUT2D eigenvalue weighted by Gasteiger charge is 2.46. The van der Waals surface area contributed by atoms with Crippen molar-refractivity contribution >= 4 is 29.1 Å². The van der Waals surface area contributed by atoms with Crippen LogP contribution in [0.15, 0.2) is 54.2 Å². The van der Waals surface area contributed by atoms with Crippen molar-refractivity contribution in [3.8, 4) is 10.4 Å². The van der Waals surface area contributed by atoms with Gasteiger partial charge >= 0.3 is 0 Å². The number of amides is 3. The summed E-state index contributed by atoms with van der Waals surface area (Å²) < 4.78 is 0. The predicted octanol–water partition coefficient (Wildman–Crippen LogP) is 4.93. The average molecular weight is 589 g/mol. The van der Waals surface area contributed by atoms with Crippen molar-refractivity contribution in [2.45, 2.75) is 84.2 Å². The fourth-order valence-electron chi connectivity index (χ4n) is 6.24. The maximum atomic E-state index is 14.1. The maximum Gasteiger partial charge on any atom is 0.255 e. The molecule has 2 N–H and O–H groups in total. The van der Waals surface area contributed by atoms with E-state index in [1.165, 1.54) is 4.90 Å². The minimum Gasteiger partial charge on any atom is -0.391 e. The zero-order valence-corrected chi connectivity index (χ0v) is 25.9. The molecule has 2 aliphatic heterocycles. The molecule has 3 aromatic rings. The van der Waals surface area contributed by atoms with E-state index in [2.05, 4.69) is 43.2 Å². The second-order valence-corrected chi connectivity index (χ2v) is 13.7. The Balaban J connectivity index is 1.37. The molecular weight excluding hydrogens is 548 g/mol. The molecule has 1 fully saturated rings. The number of likely N-dealkylation sites (tertiary alicyclic amines) is 1. The number of hydrogen-bond acceptors (Lipinski definition) is 6. The zero-order valence-electron chi connectivity index (χ0n) is 25.1. The molecule has 0 radical (unpaired) electrons. The van der Waals surface area contributed by atoms with Gasteiger partial charge in [-0.2, -0.15) is 0 Å². The number of aliphatic hydroxyl groups is 1. The van der Waals surface area contributed by atoms with Crippen LogP contribution in [-0.4, -0.2) is 62.3 Å². The van der Waals surface area contributed by atoms with Crippen LogP contribution in [0.2, 0.25) is 0 Å². The first kappa shape index (κ1) is 29.9. The summed E-state index contributed by atoms with van der Waals surface area (Å²) in [5, 5.41) is 13.7. The van der Waals surface area contributed by atoms with E-state index >= 15 is 0 Å². The van der Waals surface area contributed by atoms with Gasteiger partial charge in [-0.15, -0.1) is 11.3 Å². The Bertz CT molecular complexity index is 1480. The zero-order chi connectivity index (χ0) is 30.3. The minimum absolute atomic E-state index is 0.0558. The lowest BCUT2D eigenvalue weighted by molar-refractivity contribution is -0.143. The summed E-state index contributed by atoms with van der Waals surface area (Å²) in [6.45, 7) is 12.6. The first-order valence-electron chi connectivity index (χ1n) is 14.6. The van der Waals surface area contributed by atoms with Gasteiger partial charge in [-0.05, 0) is 52.6 Å². The quantitative estimate of drug-likeness (QED) is 0.408. The van der Waals surface area contributed by atoms with Crippen molar-refractivity contribution in [3.63, 3.8) is 0 Å². The van der Waals surface area contributed by atoms with E-state index < -0.39 is 18.2 Å². The lowest BCUT2D eigenvalue weighted by Crippen LogP contribution is -2.55. The molecule has 4 unspecified atom stereocenters. The highest BCUT2D eigenvalue weighted by Crippen LogP contribution is 2.35. The van der Waals surface area contributed by atoms with Crippen LogP contribution in [0.3, 0.4) is 0 Å². The Morgan fingerprint density at radius 3 is 2.50 bits per heavy atom. The fraction of sp³-hybridized carbons (Fsp3) is 0.455. The van der Waals surface area contributed by atoms with E-state index in [1.807, 2.05) is 56.7 Å². The van der Waals surface area contributed by atoms with E-state index in [9.17, 15) is 19.5 Å². The van der Waals surface area contributed by atoms with Crippen molar-refractivity contribution < 1.29 is 19.5 Å². The molecule has 2 aromatic carbocycles. The normalized spacial score (nSPS) is 20.1. The molecule has 5 rings (SSSR count). The number of aliphatic hydroxyl groups excluding tert-OH is 1. The number of rotatable bonds is 7. The van der Waals surface area contributed by atoms with Gasteiger partial charge in [-0.1, -0.05) is 65.0 Å².